The molecule has 0 N–H and O–H groups in total. The Kier molecular flexibility index (Phi) is 51.1. The van der Waals surface area contributed by atoms with Crippen LogP contribution in [0.25, 0.3) is 0 Å². The van der Waals surface area contributed by atoms with Crippen LogP contribution in [0.4, 0.5) is 0 Å². The summed E-state index contributed by atoms with van der Waals surface area (Å²) in [5.41, 5.74) is 0. The Balaban J connectivity index is 4.56. The lowest BCUT2D eigenvalue weighted by atomic mass is 10.1. The third-order valence-electron chi connectivity index (χ3n) is 10.7. The molecule has 0 aliphatic rings. The van der Waals surface area contributed by atoms with Crippen LogP contribution in [0.1, 0.15) is 207 Å². The number of hydrogen-bond donors (Lipinski definition) is 0. The van der Waals surface area contributed by atoms with Gasteiger partial charge in [-0.25, -0.2) is 0 Å². The van der Waals surface area contributed by atoms with Crippen LogP contribution in [0.3, 0.4) is 0 Å². The van der Waals surface area contributed by atoms with Crippen molar-refractivity contribution in [1.82, 2.24) is 0 Å². The second kappa shape index (κ2) is 54.9. The molecule has 68 heavy (non-hydrogen) atoms. The molecular weight excluding hydrogens is 841 g/mol. The highest BCUT2D eigenvalue weighted by molar-refractivity contribution is 5.71. The molecular formula is C62H96O6. The van der Waals surface area contributed by atoms with E-state index in [9.17, 15) is 14.4 Å². The minimum atomic E-state index is -0.820. The van der Waals surface area contributed by atoms with Gasteiger partial charge >= 0.3 is 17.9 Å². The van der Waals surface area contributed by atoms with Crippen LogP contribution in [-0.4, -0.2) is 37.2 Å². The first-order valence-electron chi connectivity index (χ1n) is 26.9. The Morgan fingerprint density at radius 3 is 1.09 bits per heavy atom. The quantitative estimate of drug-likeness (QED) is 0.0199. The van der Waals surface area contributed by atoms with Gasteiger partial charge < -0.3 is 14.2 Å². The van der Waals surface area contributed by atoms with Gasteiger partial charge in [0.05, 0.1) is 0 Å². The van der Waals surface area contributed by atoms with Crippen molar-refractivity contribution < 1.29 is 28.6 Å². The van der Waals surface area contributed by atoms with Crippen molar-refractivity contribution in [3.8, 4) is 0 Å². The highest BCUT2D eigenvalue weighted by Gasteiger charge is 2.19. The van der Waals surface area contributed by atoms with Crippen LogP contribution in [-0.2, 0) is 28.6 Å². The molecule has 0 saturated carbocycles. The number of hydrogen-bond acceptors (Lipinski definition) is 6. The summed E-state index contributed by atoms with van der Waals surface area (Å²) in [6, 6.07) is 0. The summed E-state index contributed by atoms with van der Waals surface area (Å²) >= 11 is 0. The van der Waals surface area contributed by atoms with Gasteiger partial charge in [0.15, 0.2) is 6.10 Å². The molecule has 1 atom stereocenters. The summed E-state index contributed by atoms with van der Waals surface area (Å²) in [6.45, 7) is 6.26. The van der Waals surface area contributed by atoms with Crippen LogP contribution >= 0.6 is 0 Å². The summed E-state index contributed by atoms with van der Waals surface area (Å²) in [6.07, 6.45) is 78.2. The molecule has 0 bridgehead atoms. The van der Waals surface area contributed by atoms with E-state index < -0.39 is 6.10 Å². The fourth-order valence-electron chi connectivity index (χ4n) is 6.71. The number of carbonyl (C=O) groups is 3. The first-order chi connectivity index (χ1) is 33.5. The van der Waals surface area contributed by atoms with Gasteiger partial charge in [-0.15, -0.1) is 0 Å². The molecule has 0 amide bonds. The van der Waals surface area contributed by atoms with Crippen molar-refractivity contribution in [1.29, 1.82) is 0 Å². The maximum Gasteiger partial charge on any atom is 0.306 e. The van der Waals surface area contributed by atoms with Crippen molar-refractivity contribution >= 4 is 17.9 Å². The summed E-state index contributed by atoms with van der Waals surface area (Å²) in [5.74, 6) is -1.00. The number of unbranched alkanes of at least 4 members (excludes halogenated alkanes) is 16. The predicted molar refractivity (Wildman–Crippen MR) is 292 cm³/mol. The van der Waals surface area contributed by atoms with E-state index in [0.29, 0.717) is 12.8 Å². The van der Waals surface area contributed by atoms with E-state index in [2.05, 4.69) is 161 Å². The average Bonchev–Trinajstić information content (AvgIpc) is 3.34. The predicted octanol–water partition coefficient (Wildman–Crippen LogP) is 18.0. The van der Waals surface area contributed by atoms with Gasteiger partial charge in [0.2, 0.25) is 0 Å². The largest absolute Gasteiger partial charge is 0.462 e. The first-order valence-corrected chi connectivity index (χ1v) is 26.9. The molecule has 0 aromatic rings. The molecule has 0 aliphatic heterocycles. The van der Waals surface area contributed by atoms with Gasteiger partial charge in [-0.05, 0) is 109 Å². The van der Waals surface area contributed by atoms with Crippen LogP contribution in [0.5, 0.6) is 0 Å². The molecule has 0 aliphatic carbocycles. The molecule has 6 heteroatoms. The number of ether oxygens (including phenoxy) is 3. The lowest BCUT2D eigenvalue weighted by Crippen LogP contribution is -2.30. The van der Waals surface area contributed by atoms with Crippen LogP contribution < -0.4 is 0 Å². The Morgan fingerprint density at radius 1 is 0.324 bits per heavy atom. The van der Waals surface area contributed by atoms with E-state index >= 15 is 0 Å². The lowest BCUT2D eigenvalue weighted by Gasteiger charge is -2.18. The van der Waals surface area contributed by atoms with Crippen molar-refractivity contribution in [2.24, 2.45) is 0 Å². The molecule has 0 fully saturated rings. The standard InChI is InChI=1S/C62H96O6/c1-4-7-10-13-16-19-22-25-27-29-31-33-34-37-40-43-46-49-52-55-61(64)67-58-59(57-66-60(63)54-51-48-45-42-39-36-24-21-18-15-12-9-6-3)68-62(65)56-53-50-47-44-41-38-35-32-30-28-26-23-20-17-14-11-8-5-2/h7,9-10,12,15-21,23-28,30-33,35,37,40,59H,4-6,8,11,13-14,22,29,34,36,38-39,41-58H2,1-3H3/b10-7-,12-9-,18-15-,19-16-,20-17-,24-21-,26-23-,27-25-,30-28-,33-31-,35-32-,40-37-. The zero-order valence-electron chi connectivity index (χ0n) is 43.3. The number of carbonyl (C=O) groups excluding carboxylic acids is 3. The Morgan fingerprint density at radius 2 is 0.647 bits per heavy atom. The molecule has 6 nitrogen and oxygen atoms in total. The first kappa shape index (κ1) is 63.3. The molecule has 0 aromatic carbocycles. The Labute approximate surface area is 417 Å². The summed E-state index contributed by atoms with van der Waals surface area (Å²) in [5, 5.41) is 0. The fraction of sp³-hybridized carbons (Fsp3) is 0.565. The maximum absolute atomic E-state index is 12.8. The topological polar surface area (TPSA) is 78.9 Å². The van der Waals surface area contributed by atoms with Crippen LogP contribution in [0, 0.1) is 0 Å². The third-order valence-corrected chi connectivity index (χ3v) is 10.7. The second-order valence-corrected chi connectivity index (χ2v) is 17.2. The summed E-state index contributed by atoms with van der Waals surface area (Å²) in [4.78, 5) is 38.1. The van der Waals surface area contributed by atoms with Crippen LogP contribution in [0.2, 0.25) is 0 Å². The van der Waals surface area contributed by atoms with E-state index in [4.69, 9.17) is 14.2 Å². The zero-order valence-corrected chi connectivity index (χ0v) is 43.3. The van der Waals surface area contributed by atoms with Gasteiger partial charge in [0.1, 0.15) is 13.2 Å². The van der Waals surface area contributed by atoms with Gasteiger partial charge in [0, 0.05) is 19.3 Å². The molecule has 0 radical (unpaired) electrons. The SMILES string of the molecule is CC\C=C/C=C\C=C/CCCCCCCC(=O)OCC(COC(=O)CCCCC/C=C\C/C=C\C/C=C\C/C=C\C/C=C\CC)OC(=O)CCCCCCC\C=C/C=C\C=C/C=C\CCCCC. The van der Waals surface area contributed by atoms with Gasteiger partial charge in [-0.3, -0.25) is 14.4 Å². The van der Waals surface area contributed by atoms with Gasteiger partial charge in [-0.1, -0.05) is 224 Å². The van der Waals surface area contributed by atoms with E-state index in [1.54, 1.807) is 0 Å². The monoisotopic (exact) mass is 937 g/mol. The zero-order chi connectivity index (χ0) is 49.3. The fourth-order valence-corrected chi connectivity index (χ4v) is 6.71. The van der Waals surface area contributed by atoms with Crippen molar-refractivity contribution in [2.45, 2.75) is 213 Å². The number of rotatable bonds is 46. The average molecular weight is 937 g/mol. The van der Waals surface area contributed by atoms with E-state index in [0.717, 1.165) is 148 Å². The van der Waals surface area contributed by atoms with E-state index in [1.165, 1.54) is 19.3 Å². The minimum absolute atomic E-state index is 0.116. The molecule has 380 valence electrons. The normalized spacial score (nSPS) is 13.3. The van der Waals surface area contributed by atoms with Gasteiger partial charge in [-0.2, -0.15) is 0 Å². The van der Waals surface area contributed by atoms with Crippen LogP contribution in [0.15, 0.2) is 146 Å². The molecule has 0 saturated heterocycles. The van der Waals surface area contributed by atoms with Gasteiger partial charge in [0.25, 0.3) is 0 Å². The molecule has 0 rings (SSSR count). The van der Waals surface area contributed by atoms with Crippen molar-refractivity contribution in [3.05, 3.63) is 146 Å². The molecule has 1 unspecified atom stereocenters. The Hall–Kier alpha value is -4.71. The minimum Gasteiger partial charge on any atom is -0.462 e. The lowest BCUT2D eigenvalue weighted by molar-refractivity contribution is -0.167. The Bertz CT molecular complexity index is 1540. The summed E-state index contributed by atoms with van der Waals surface area (Å²) < 4.78 is 16.8. The van der Waals surface area contributed by atoms with E-state index in [-0.39, 0.29) is 37.5 Å². The van der Waals surface area contributed by atoms with E-state index in [1.807, 2.05) is 6.08 Å². The molecule has 0 spiro atoms. The molecule has 0 aromatic heterocycles. The van der Waals surface area contributed by atoms with Crippen molar-refractivity contribution in [2.75, 3.05) is 13.2 Å². The third kappa shape index (κ3) is 52.3. The number of allylic oxidation sites excluding steroid dienone is 24. The summed E-state index contributed by atoms with van der Waals surface area (Å²) in [7, 11) is 0. The maximum atomic E-state index is 12.8. The highest BCUT2D eigenvalue weighted by atomic mass is 16.6. The molecule has 0 heterocycles. The van der Waals surface area contributed by atoms with Crippen molar-refractivity contribution in [3.63, 3.8) is 0 Å². The number of esters is 3. The highest BCUT2D eigenvalue weighted by Crippen LogP contribution is 2.12. The smallest absolute Gasteiger partial charge is 0.306 e. The second-order valence-electron chi connectivity index (χ2n) is 17.2.